The Hall–Kier alpha value is -3.11. The van der Waals surface area contributed by atoms with Gasteiger partial charge in [0.15, 0.2) is 6.10 Å². The molecule has 0 aromatic carbocycles. The number of phosphoric ester groups is 1. The van der Waals surface area contributed by atoms with E-state index in [0.717, 1.165) is 70.6 Å². The molecule has 4 N–H and O–H groups in total. The van der Waals surface area contributed by atoms with Crippen molar-refractivity contribution in [2.45, 2.75) is 135 Å². The lowest BCUT2D eigenvalue weighted by atomic mass is 10.1. The van der Waals surface area contributed by atoms with E-state index in [1.54, 1.807) is 6.08 Å². The van der Waals surface area contributed by atoms with Crippen molar-refractivity contribution in [1.82, 2.24) is 0 Å². The number of unbranched alkanes of at least 4 members (excludes halogenated alkanes) is 5. The van der Waals surface area contributed by atoms with Gasteiger partial charge in [0.2, 0.25) is 0 Å². The normalized spacial score (nSPS) is 15.0. The Labute approximate surface area is 326 Å². The summed E-state index contributed by atoms with van der Waals surface area (Å²) in [6.07, 6.45) is 44.7. The summed E-state index contributed by atoms with van der Waals surface area (Å²) in [6.45, 7) is 3.27. The van der Waals surface area contributed by atoms with Crippen molar-refractivity contribution in [2.24, 2.45) is 5.73 Å². The van der Waals surface area contributed by atoms with Gasteiger partial charge in [-0.3, -0.25) is 18.6 Å². The minimum atomic E-state index is -4.42. The summed E-state index contributed by atoms with van der Waals surface area (Å²) in [5.74, 6) is -0.987. The van der Waals surface area contributed by atoms with Gasteiger partial charge in [0, 0.05) is 19.4 Å². The molecule has 0 radical (unpaired) electrons. The van der Waals surface area contributed by atoms with E-state index < -0.39 is 38.6 Å². The highest BCUT2D eigenvalue weighted by Gasteiger charge is 2.25. The fourth-order valence-corrected chi connectivity index (χ4v) is 5.44. The number of aliphatic hydroxyl groups is 1. The molecule has 2 unspecified atom stereocenters. The second-order valence-electron chi connectivity index (χ2n) is 12.6. The smallest absolute Gasteiger partial charge is 0.462 e. The van der Waals surface area contributed by atoms with Crippen molar-refractivity contribution >= 4 is 19.8 Å². The van der Waals surface area contributed by atoms with Crippen LogP contribution in [0.2, 0.25) is 0 Å². The molecule has 54 heavy (non-hydrogen) atoms. The molecule has 0 aromatic heterocycles. The Morgan fingerprint density at radius 2 is 1.19 bits per heavy atom. The minimum absolute atomic E-state index is 0.0244. The third-order valence-electron chi connectivity index (χ3n) is 7.57. The number of allylic oxidation sites excluding steroid dienone is 15. The van der Waals surface area contributed by atoms with Gasteiger partial charge in [-0.1, -0.05) is 137 Å². The van der Waals surface area contributed by atoms with E-state index in [-0.39, 0.29) is 32.6 Å². The molecule has 0 aliphatic carbocycles. The number of esters is 2. The SMILES string of the molecule is CC/C=C\C/C=C\C/C=C\C/C=C\C/C=C\CCCC(=O)O[C@H](COC(=O)CCCCCCCC(O)/C=C/C=C/C/C=C/CC)COP(=O)(O)OCCN. The van der Waals surface area contributed by atoms with E-state index in [1.807, 2.05) is 30.4 Å². The number of aliphatic hydroxyl groups excluding tert-OH is 1. The molecule has 0 fully saturated rings. The number of carbonyl (C=O) groups excluding carboxylic acids is 2. The van der Waals surface area contributed by atoms with Crippen LogP contribution in [0.3, 0.4) is 0 Å². The van der Waals surface area contributed by atoms with Crippen LogP contribution in [0.4, 0.5) is 0 Å². The first-order valence-electron chi connectivity index (χ1n) is 19.8. The van der Waals surface area contributed by atoms with E-state index in [1.165, 1.54) is 0 Å². The first kappa shape index (κ1) is 50.9. The predicted molar refractivity (Wildman–Crippen MR) is 221 cm³/mol. The molecule has 0 rings (SSSR count). The molecule has 0 amide bonds. The lowest BCUT2D eigenvalue weighted by molar-refractivity contribution is -0.161. The topological polar surface area (TPSA) is 155 Å². The van der Waals surface area contributed by atoms with Crippen LogP contribution < -0.4 is 5.73 Å². The quantitative estimate of drug-likeness (QED) is 0.0186. The van der Waals surface area contributed by atoms with Crippen molar-refractivity contribution in [1.29, 1.82) is 0 Å². The summed E-state index contributed by atoms with van der Waals surface area (Å²) in [7, 11) is -4.42. The van der Waals surface area contributed by atoms with Crippen LogP contribution in [0.1, 0.15) is 123 Å². The summed E-state index contributed by atoms with van der Waals surface area (Å²) in [5.41, 5.74) is 5.33. The molecule has 0 aliphatic heterocycles. The summed E-state index contributed by atoms with van der Waals surface area (Å²) in [4.78, 5) is 34.8. The summed E-state index contributed by atoms with van der Waals surface area (Å²) in [5, 5.41) is 10.1. The van der Waals surface area contributed by atoms with Crippen LogP contribution in [0.5, 0.6) is 0 Å². The Kier molecular flexibility index (Phi) is 36.0. The number of carbonyl (C=O) groups is 2. The molecule has 10 nitrogen and oxygen atoms in total. The minimum Gasteiger partial charge on any atom is -0.462 e. The van der Waals surface area contributed by atoms with Crippen LogP contribution in [-0.2, 0) is 32.7 Å². The molecule has 306 valence electrons. The molecule has 0 heterocycles. The average molecular weight is 776 g/mol. The van der Waals surface area contributed by atoms with Gasteiger partial charge in [0.05, 0.1) is 19.3 Å². The third kappa shape index (κ3) is 37.2. The predicted octanol–water partition coefficient (Wildman–Crippen LogP) is 10.0. The first-order valence-corrected chi connectivity index (χ1v) is 21.3. The zero-order valence-corrected chi connectivity index (χ0v) is 33.9. The Balaban J connectivity index is 4.42. The molecule has 0 bridgehead atoms. The standard InChI is InChI=1S/C43H70NO9P/c1-3-5-7-9-11-12-13-14-15-16-17-18-19-20-22-26-31-35-43(47)53-41(39-52-54(48,49)51-37-36-44)38-50-42(46)34-30-27-23-25-29-33-40(45)32-28-24-21-10-8-6-4-2/h5-8,11-12,14-15,17-18,20-22,24,28,32,40-41,45H,3-4,9-10,13,16,19,23,25-27,29-31,33-39,44H2,1-2H3,(H,48,49)/b7-5-,8-6+,12-11-,15-14-,18-17-,22-20-,24-21+,32-28+/t40?,41-/m1/s1. The van der Waals surface area contributed by atoms with Gasteiger partial charge in [0.1, 0.15) is 6.61 Å². The van der Waals surface area contributed by atoms with E-state index in [2.05, 4.69) is 74.6 Å². The fourth-order valence-electron chi connectivity index (χ4n) is 4.67. The van der Waals surface area contributed by atoms with Gasteiger partial charge in [-0.25, -0.2) is 4.57 Å². The van der Waals surface area contributed by atoms with Crippen LogP contribution in [-0.4, -0.2) is 60.5 Å². The zero-order chi connectivity index (χ0) is 39.8. The largest absolute Gasteiger partial charge is 0.472 e. The molecule has 0 saturated carbocycles. The molecule has 0 saturated heterocycles. The summed E-state index contributed by atoms with van der Waals surface area (Å²) >= 11 is 0. The highest BCUT2D eigenvalue weighted by molar-refractivity contribution is 7.47. The summed E-state index contributed by atoms with van der Waals surface area (Å²) < 4.78 is 32.6. The lowest BCUT2D eigenvalue weighted by Gasteiger charge is -2.19. The molecule has 11 heteroatoms. The van der Waals surface area contributed by atoms with Crippen molar-refractivity contribution in [3.05, 3.63) is 97.2 Å². The summed E-state index contributed by atoms with van der Waals surface area (Å²) in [6, 6.07) is 0. The highest BCUT2D eigenvalue weighted by atomic mass is 31.2. The molecule has 0 aromatic rings. The van der Waals surface area contributed by atoms with Crippen molar-refractivity contribution in [3.8, 4) is 0 Å². The Morgan fingerprint density at radius 3 is 1.80 bits per heavy atom. The fraction of sp³-hybridized carbons (Fsp3) is 0.581. The van der Waals surface area contributed by atoms with Gasteiger partial charge < -0.3 is 25.2 Å². The van der Waals surface area contributed by atoms with Crippen molar-refractivity contribution in [3.63, 3.8) is 0 Å². The maximum Gasteiger partial charge on any atom is 0.472 e. The van der Waals surface area contributed by atoms with Gasteiger partial charge in [-0.2, -0.15) is 0 Å². The van der Waals surface area contributed by atoms with Crippen LogP contribution in [0, 0.1) is 0 Å². The van der Waals surface area contributed by atoms with Crippen LogP contribution >= 0.6 is 7.82 Å². The molecule has 0 spiro atoms. The first-order chi connectivity index (χ1) is 26.2. The van der Waals surface area contributed by atoms with Crippen LogP contribution in [0.15, 0.2) is 97.2 Å². The molecule has 3 atom stereocenters. The number of rotatable bonds is 35. The second kappa shape index (κ2) is 38.2. The lowest BCUT2D eigenvalue weighted by Crippen LogP contribution is -2.29. The molecular weight excluding hydrogens is 705 g/mol. The maximum absolute atomic E-state index is 12.5. The maximum atomic E-state index is 12.5. The van der Waals surface area contributed by atoms with E-state index >= 15 is 0 Å². The number of ether oxygens (including phenoxy) is 2. The highest BCUT2D eigenvalue weighted by Crippen LogP contribution is 2.43. The number of hydrogen-bond acceptors (Lipinski definition) is 9. The van der Waals surface area contributed by atoms with E-state index in [0.29, 0.717) is 25.7 Å². The number of nitrogens with two attached hydrogens (primary N) is 1. The van der Waals surface area contributed by atoms with Gasteiger partial charge in [0.25, 0.3) is 0 Å². The van der Waals surface area contributed by atoms with Crippen molar-refractivity contribution < 1.29 is 42.7 Å². The molecular formula is C43H70NO9P. The van der Waals surface area contributed by atoms with Crippen molar-refractivity contribution in [2.75, 3.05) is 26.4 Å². The Bertz CT molecular complexity index is 1220. The van der Waals surface area contributed by atoms with E-state index in [4.69, 9.17) is 24.3 Å². The van der Waals surface area contributed by atoms with Gasteiger partial charge >= 0.3 is 19.8 Å². The molecule has 0 aliphatic rings. The van der Waals surface area contributed by atoms with Crippen LogP contribution in [0.25, 0.3) is 0 Å². The zero-order valence-electron chi connectivity index (χ0n) is 33.0. The monoisotopic (exact) mass is 775 g/mol. The van der Waals surface area contributed by atoms with E-state index in [9.17, 15) is 24.2 Å². The second-order valence-corrected chi connectivity index (χ2v) is 14.0. The van der Waals surface area contributed by atoms with Gasteiger partial charge in [-0.05, 0) is 70.6 Å². The third-order valence-corrected chi connectivity index (χ3v) is 8.55. The number of hydrogen-bond donors (Lipinski definition) is 3. The average Bonchev–Trinajstić information content (AvgIpc) is 3.15. The number of phosphoric acid groups is 1. The Morgan fingerprint density at radius 1 is 0.648 bits per heavy atom. The van der Waals surface area contributed by atoms with Gasteiger partial charge in [-0.15, -0.1) is 0 Å².